The molecule has 0 aliphatic rings. The quantitative estimate of drug-likeness (QED) is 0.427. The number of fused-ring (bicyclic) bond motifs is 3. The zero-order chi connectivity index (χ0) is 22.0. The van der Waals surface area contributed by atoms with Gasteiger partial charge in [0.15, 0.2) is 5.16 Å². The number of benzene rings is 2. The number of amides is 1. The van der Waals surface area contributed by atoms with Gasteiger partial charge in [0.05, 0.1) is 10.9 Å². The Hall–Kier alpha value is -2.84. The van der Waals surface area contributed by atoms with Gasteiger partial charge >= 0.3 is 0 Å². The average molecular weight is 456 g/mol. The van der Waals surface area contributed by atoms with Crippen LogP contribution in [-0.4, -0.2) is 31.1 Å². The minimum atomic E-state index is -0.241. The molecule has 2 aromatic heterocycles. The first-order valence-electron chi connectivity index (χ1n) is 9.97. The molecule has 4 rings (SSSR count). The Labute approximate surface area is 188 Å². The van der Waals surface area contributed by atoms with E-state index in [1.807, 2.05) is 36.4 Å². The fourth-order valence-electron chi connectivity index (χ4n) is 3.38. The van der Waals surface area contributed by atoms with Gasteiger partial charge in [0.1, 0.15) is 0 Å². The zero-order valence-electron chi connectivity index (χ0n) is 17.2. The Morgan fingerprint density at radius 2 is 1.94 bits per heavy atom. The number of thioether (sulfide) groups is 1. The van der Waals surface area contributed by atoms with Crippen molar-refractivity contribution in [3.05, 3.63) is 69.5 Å². The van der Waals surface area contributed by atoms with E-state index in [-0.39, 0.29) is 30.5 Å². The Bertz CT molecular complexity index is 1300. The van der Waals surface area contributed by atoms with Crippen LogP contribution in [0.2, 0.25) is 5.02 Å². The number of aromatic nitrogens is 4. The fraction of sp³-hybridized carbons (Fsp3) is 0.273. The van der Waals surface area contributed by atoms with Crippen molar-refractivity contribution in [2.75, 3.05) is 0 Å². The first kappa shape index (κ1) is 21.4. The minimum absolute atomic E-state index is 0.0359. The summed E-state index contributed by atoms with van der Waals surface area (Å²) in [4.78, 5) is 25.4. The standard InChI is InChI=1S/C22H22ClN5O2S/c1-14(2)24-19(29)10-11-27-20(30)17-12-16(23)8-9-18(17)28-21(27)25-26-22(28)31-13-15-6-4-3-5-7-15/h3-9,12,14H,10-11,13H2,1-2H3,(H,24,29). The van der Waals surface area contributed by atoms with E-state index >= 15 is 0 Å². The highest BCUT2D eigenvalue weighted by molar-refractivity contribution is 7.98. The third-order valence-corrected chi connectivity index (χ3v) is 5.99. The SMILES string of the molecule is CC(C)NC(=O)CCn1c(=O)c2cc(Cl)ccc2n2c(SCc3ccccc3)nnc12. The fourth-order valence-corrected chi connectivity index (χ4v) is 4.45. The van der Waals surface area contributed by atoms with Gasteiger partial charge in [-0.05, 0) is 37.6 Å². The van der Waals surface area contributed by atoms with Crippen LogP contribution >= 0.6 is 23.4 Å². The van der Waals surface area contributed by atoms with Gasteiger partial charge in [0.25, 0.3) is 5.56 Å². The van der Waals surface area contributed by atoms with Crippen LogP contribution in [0.5, 0.6) is 0 Å². The molecule has 0 saturated carbocycles. The second-order valence-corrected chi connectivity index (χ2v) is 8.86. The van der Waals surface area contributed by atoms with Crippen LogP contribution in [0.1, 0.15) is 25.8 Å². The van der Waals surface area contributed by atoms with Crippen molar-refractivity contribution in [1.29, 1.82) is 0 Å². The molecule has 0 bridgehead atoms. The van der Waals surface area contributed by atoms with Gasteiger partial charge in [-0.25, -0.2) is 0 Å². The number of halogens is 1. The molecule has 2 aromatic carbocycles. The van der Waals surface area contributed by atoms with Crippen LogP contribution in [0.4, 0.5) is 0 Å². The normalized spacial score (nSPS) is 11.5. The summed E-state index contributed by atoms with van der Waals surface area (Å²) >= 11 is 7.71. The lowest BCUT2D eigenvalue weighted by atomic mass is 10.2. The van der Waals surface area contributed by atoms with Crippen molar-refractivity contribution < 1.29 is 4.79 Å². The molecule has 7 nitrogen and oxygen atoms in total. The van der Waals surface area contributed by atoms with E-state index in [9.17, 15) is 9.59 Å². The highest BCUT2D eigenvalue weighted by Crippen LogP contribution is 2.26. The highest BCUT2D eigenvalue weighted by atomic mass is 35.5. The molecule has 0 atom stereocenters. The van der Waals surface area contributed by atoms with E-state index in [0.717, 1.165) is 5.56 Å². The molecule has 0 saturated heterocycles. The molecular formula is C22H22ClN5O2S. The molecule has 31 heavy (non-hydrogen) atoms. The van der Waals surface area contributed by atoms with Gasteiger partial charge in [-0.3, -0.25) is 18.6 Å². The monoisotopic (exact) mass is 455 g/mol. The van der Waals surface area contributed by atoms with Gasteiger partial charge in [-0.2, -0.15) is 0 Å². The van der Waals surface area contributed by atoms with Crippen molar-refractivity contribution in [1.82, 2.24) is 24.5 Å². The van der Waals surface area contributed by atoms with Gasteiger partial charge in [-0.1, -0.05) is 53.7 Å². The highest BCUT2D eigenvalue weighted by Gasteiger charge is 2.18. The average Bonchev–Trinajstić information content (AvgIpc) is 3.16. The number of nitrogens with one attached hydrogen (secondary N) is 1. The Kier molecular flexibility index (Phi) is 6.29. The number of rotatable bonds is 7. The lowest BCUT2D eigenvalue weighted by molar-refractivity contribution is -0.121. The Morgan fingerprint density at radius 1 is 1.16 bits per heavy atom. The first-order chi connectivity index (χ1) is 14.9. The largest absolute Gasteiger partial charge is 0.354 e. The maximum absolute atomic E-state index is 13.2. The molecule has 4 aromatic rings. The molecule has 0 radical (unpaired) electrons. The topological polar surface area (TPSA) is 81.3 Å². The third-order valence-electron chi connectivity index (χ3n) is 4.76. The second kappa shape index (κ2) is 9.11. The molecule has 1 amide bonds. The summed E-state index contributed by atoms with van der Waals surface area (Å²) in [5.41, 5.74) is 1.61. The molecule has 0 spiro atoms. The number of carbonyl (C=O) groups is 1. The van der Waals surface area contributed by atoms with E-state index in [1.165, 1.54) is 16.3 Å². The van der Waals surface area contributed by atoms with E-state index in [2.05, 4.69) is 27.6 Å². The van der Waals surface area contributed by atoms with Crippen molar-refractivity contribution >= 4 is 46.0 Å². The predicted octanol–water partition coefficient (Wildman–Crippen LogP) is 3.90. The van der Waals surface area contributed by atoms with Crippen LogP contribution in [0, 0.1) is 0 Å². The van der Waals surface area contributed by atoms with Crippen molar-refractivity contribution in [3.8, 4) is 0 Å². The van der Waals surface area contributed by atoms with Crippen LogP contribution < -0.4 is 10.9 Å². The molecule has 1 N–H and O–H groups in total. The maximum atomic E-state index is 13.2. The summed E-state index contributed by atoms with van der Waals surface area (Å²) in [6.45, 7) is 3.99. The number of carbonyl (C=O) groups excluding carboxylic acids is 1. The minimum Gasteiger partial charge on any atom is -0.354 e. The molecule has 9 heteroatoms. The summed E-state index contributed by atoms with van der Waals surface area (Å²) in [6, 6.07) is 15.3. The lowest BCUT2D eigenvalue weighted by Gasteiger charge is -2.12. The third kappa shape index (κ3) is 4.60. The Balaban J connectivity index is 1.77. The molecule has 2 heterocycles. The molecule has 0 aliphatic carbocycles. The summed E-state index contributed by atoms with van der Waals surface area (Å²) in [5.74, 6) is 1.00. The molecule has 0 fully saturated rings. The number of nitrogens with zero attached hydrogens (tertiary/aromatic N) is 4. The summed E-state index contributed by atoms with van der Waals surface area (Å²) in [6.07, 6.45) is 0.166. The summed E-state index contributed by atoms with van der Waals surface area (Å²) < 4.78 is 3.36. The van der Waals surface area contributed by atoms with E-state index in [4.69, 9.17) is 11.6 Å². The van der Waals surface area contributed by atoms with Crippen LogP contribution in [0.3, 0.4) is 0 Å². The van der Waals surface area contributed by atoms with Crippen LogP contribution in [0.15, 0.2) is 58.5 Å². The van der Waals surface area contributed by atoms with Crippen LogP contribution in [0.25, 0.3) is 16.7 Å². The smallest absolute Gasteiger partial charge is 0.262 e. The number of hydrogen-bond acceptors (Lipinski definition) is 5. The van der Waals surface area contributed by atoms with Crippen molar-refractivity contribution in [2.24, 2.45) is 0 Å². The molecular weight excluding hydrogens is 434 g/mol. The molecule has 0 unspecified atom stereocenters. The Morgan fingerprint density at radius 3 is 2.68 bits per heavy atom. The molecule has 160 valence electrons. The zero-order valence-corrected chi connectivity index (χ0v) is 18.8. The van der Waals surface area contributed by atoms with E-state index < -0.39 is 0 Å². The maximum Gasteiger partial charge on any atom is 0.262 e. The first-order valence-corrected chi connectivity index (χ1v) is 11.3. The summed E-state index contributed by atoms with van der Waals surface area (Å²) in [5, 5.41) is 13.1. The second-order valence-electron chi connectivity index (χ2n) is 7.48. The van der Waals surface area contributed by atoms with Gasteiger partial charge in [0, 0.05) is 29.8 Å². The van der Waals surface area contributed by atoms with Crippen molar-refractivity contribution in [2.45, 2.75) is 43.8 Å². The van der Waals surface area contributed by atoms with Crippen molar-refractivity contribution in [3.63, 3.8) is 0 Å². The number of hydrogen-bond donors (Lipinski definition) is 1. The number of aryl methyl sites for hydroxylation is 1. The summed E-state index contributed by atoms with van der Waals surface area (Å²) in [7, 11) is 0. The van der Waals surface area contributed by atoms with E-state index in [0.29, 0.717) is 32.6 Å². The van der Waals surface area contributed by atoms with Crippen LogP contribution in [-0.2, 0) is 17.1 Å². The van der Waals surface area contributed by atoms with E-state index in [1.54, 1.807) is 18.2 Å². The van der Waals surface area contributed by atoms with Gasteiger partial charge in [-0.15, -0.1) is 10.2 Å². The lowest BCUT2D eigenvalue weighted by Crippen LogP contribution is -2.32. The van der Waals surface area contributed by atoms with Gasteiger partial charge < -0.3 is 5.32 Å². The predicted molar refractivity (Wildman–Crippen MR) is 124 cm³/mol. The van der Waals surface area contributed by atoms with Gasteiger partial charge in [0.2, 0.25) is 11.7 Å². The molecule has 0 aliphatic heterocycles.